The lowest BCUT2D eigenvalue weighted by Crippen LogP contribution is -2.41. The third kappa shape index (κ3) is 5.22. The maximum atomic E-state index is 13.0. The van der Waals surface area contributed by atoms with Crippen molar-refractivity contribution in [2.45, 2.75) is 82.2 Å². The fraction of sp³-hybridized carbons (Fsp3) is 0.700. The van der Waals surface area contributed by atoms with Crippen molar-refractivity contribution in [3.8, 4) is 0 Å². The number of nitrogens with zero attached hydrogens (tertiary/aromatic N) is 5. The van der Waals surface area contributed by atoms with Crippen molar-refractivity contribution in [1.82, 2.24) is 24.1 Å². The Labute approximate surface area is 179 Å². The van der Waals surface area contributed by atoms with E-state index in [1.807, 2.05) is 0 Å². The molecule has 0 saturated carbocycles. The molecule has 0 aromatic carbocycles. The fourth-order valence-electron chi connectivity index (χ4n) is 3.71. The average Bonchev–Trinajstić information content (AvgIpc) is 3.33. The fourth-order valence-corrected chi connectivity index (χ4v) is 5.09. The summed E-state index contributed by atoms with van der Waals surface area (Å²) >= 11 is 1.35. The van der Waals surface area contributed by atoms with Gasteiger partial charge in [-0.2, -0.15) is 0 Å². The van der Waals surface area contributed by atoms with Crippen LogP contribution in [-0.4, -0.2) is 52.3 Å². The highest BCUT2D eigenvalue weighted by molar-refractivity contribution is 8.00. The number of rotatable bonds is 10. The molecule has 10 heteroatoms. The number of hydrogen-bond donors (Lipinski definition) is 2. The number of aliphatic hydroxyl groups is 2. The predicted molar refractivity (Wildman–Crippen MR) is 116 cm³/mol. The molecule has 3 rings (SSSR count). The monoisotopic (exact) mass is 437 g/mol. The molecule has 9 nitrogen and oxygen atoms in total. The third-order valence-electron chi connectivity index (χ3n) is 5.46. The number of thioether (sulfide) groups is 1. The molecular formula is C20H31N5O4S. The van der Waals surface area contributed by atoms with Gasteiger partial charge in [-0.05, 0) is 13.3 Å². The molecule has 0 amide bonds. The summed E-state index contributed by atoms with van der Waals surface area (Å²) in [6, 6.07) is 0. The molecule has 1 aliphatic rings. The minimum atomic E-state index is -0.685. The van der Waals surface area contributed by atoms with E-state index < -0.39 is 11.8 Å². The maximum Gasteiger partial charge on any atom is 0.332 e. The van der Waals surface area contributed by atoms with E-state index in [9.17, 15) is 19.8 Å². The van der Waals surface area contributed by atoms with Crippen LogP contribution in [0, 0.1) is 6.92 Å². The van der Waals surface area contributed by atoms with Gasteiger partial charge < -0.3 is 10.2 Å². The van der Waals surface area contributed by atoms with Crippen LogP contribution in [-0.2, 0) is 13.1 Å². The summed E-state index contributed by atoms with van der Waals surface area (Å²) in [5, 5.41) is 27.1. The first-order chi connectivity index (χ1) is 14.4. The lowest BCUT2D eigenvalue weighted by Gasteiger charge is -2.16. The van der Waals surface area contributed by atoms with Gasteiger partial charge in [0.2, 0.25) is 0 Å². The van der Waals surface area contributed by atoms with Gasteiger partial charge in [-0.25, -0.2) is 4.79 Å². The molecule has 1 aliphatic heterocycles. The highest BCUT2D eigenvalue weighted by Gasteiger charge is 2.35. The predicted octanol–water partition coefficient (Wildman–Crippen LogP) is 1.29. The molecule has 2 unspecified atom stereocenters. The zero-order chi connectivity index (χ0) is 21.7. The lowest BCUT2D eigenvalue weighted by molar-refractivity contribution is 0.137. The van der Waals surface area contributed by atoms with Crippen LogP contribution in [0.2, 0.25) is 0 Å². The Bertz CT molecular complexity index is 953. The molecule has 166 valence electrons. The summed E-state index contributed by atoms with van der Waals surface area (Å²) in [5.74, 6) is 0. The molecule has 0 radical (unpaired) electrons. The molecule has 1 saturated heterocycles. The molecule has 2 N–H and O–H groups in total. The maximum absolute atomic E-state index is 13.0. The standard InChI is InChI=1S/C20H31N5O4S/c1-3-4-5-6-7-8-23-11-15(21-22-23)12-25-19(28)14(2)10-24(20(25)29)18-9-16(27)17(13-26)30-18/h10-11,16-18,26-27H,3-9,12-13H2,1-2H3/t16?,17-,18?/m1/s1. The Morgan fingerprint density at radius 3 is 2.67 bits per heavy atom. The van der Waals surface area contributed by atoms with E-state index in [0.29, 0.717) is 17.7 Å². The number of aromatic nitrogens is 5. The molecule has 2 aromatic heterocycles. The highest BCUT2D eigenvalue weighted by Crippen LogP contribution is 2.40. The van der Waals surface area contributed by atoms with E-state index in [2.05, 4.69) is 17.2 Å². The van der Waals surface area contributed by atoms with Crippen LogP contribution >= 0.6 is 11.8 Å². The quantitative estimate of drug-likeness (QED) is 0.538. The highest BCUT2D eigenvalue weighted by atomic mass is 32.2. The zero-order valence-electron chi connectivity index (χ0n) is 17.6. The second kappa shape index (κ2) is 10.4. The van der Waals surface area contributed by atoms with Gasteiger partial charge in [0.25, 0.3) is 5.56 Å². The smallest absolute Gasteiger partial charge is 0.332 e. The second-order valence-electron chi connectivity index (χ2n) is 7.90. The van der Waals surface area contributed by atoms with Gasteiger partial charge in [-0.1, -0.05) is 37.8 Å². The number of hydrogen-bond acceptors (Lipinski definition) is 7. The SMILES string of the molecule is CCCCCCCn1cc(Cn2c(=O)c(C)cn(C3CC(O)[C@@H](CO)S3)c2=O)nn1. The van der Waals surface area contributed by atoms with Crippen molar-refractivity contribution in [1.29, 1.82) is 0 Å². The van der Waals surface area contributed by atoms with E-state index in [4.69, 9.17) is 0 Å². The van der Waals surface area contributed by atoms with Gasteiger partial charge in [0.15, 0.2) is 0 Å². The molecule has 3 heterocycles. The summed E-state index contributed by atoms with van der Waals surface area (Å²) in [6.07, 6.45) is 8.80. The topological polar surface area (TPSA) is 115 Å². The minimum Gasteiger partial charge on any atom is -0.395 e. The van der Waals surface area contributed by atoms with Crippen LogP contribution in [0.5, 0.6) is 0 Å². The van der Waals surface area contributed by atoms with Gasteiger partial charge in [0.05, 0.1) is 36.1 Å². The summed E-state index contributed by atoms with van der Waals surface area (Å²) < 4.78 is 4.41. The second-order valence-corrected chi connectivity index (χ2v) is 9.32. The van der Waals surface area contributed by atoms with E-state index in [1.54, 1.807) is 24.0 Å². The van der Waals surface area contributed by atoms with E-state index in [-0.39, 0.29) is 29.3 Å². The largest absolute Gasteiger partial charge is 0.395 e. The average molecular weight is 438 g/mol. The molecule has 0 bridgehead atoms. The van der Waals surface area contributed by atoms with Crippen LogP contribution < -0.4 is 11.2 Å². The van der Waals surface area contributed by atoms with Crippen LogP contribution in [0.1, 0.15) is 62.1 Å². The van der Waals surface area contributed by atoms with Crippen LogP contribution in [0.15, 0.2) is 22.0 Å². The van der Waals surface area contributed by atoms with E-state index >= 15 is 0 Å². The third-order valence-corrected chi connectivity index (χ3v) is 7.00. The van der Waals surface area contributed by atoms with Crippen molar-refractivity contribution in [3.63, 3.8) is 0 Å². The van der Waals surface area contributed by atoms with Gasteiger partial charge in [-0.15, -0.1) is 16.9 Å². The van der Waals surface area contributed by atoms with Gasteiger partial charge >= 0.3 is 5.69 Å². The Kier molecular flexibility index (Phi) is 7.90. The lowest BCUT2D eigenvalue weighted by atomic mass is 10.1. The Balaban J connectivity index is 1.75. The van der Waals surface area contributed by atoms with Crippen molar-refractivity contribution in [3.05, 3.63) is 44.5 Å². The van der Waals surface area contributed by atoms with Gasteiger partial charge in [0.1, 0.15) is 5.69 Å². The van der Waals surface area contributed by atoms with Crippen molar-refractivity contribution in [2.24, 2.45) is 0 Å². The first-order valence-electron chi connectivity index (χ1n) is 10.6. The van der Waals surface area contributed by atoms with Crippen molar-refractivity contribution in [2.75, 3.05) is 6.61 Å². The first-order valence-corrected chi connectivity index (χ1v) is 11.5. The minimum absolute atomic E-state index is 0.0541. The van der Waals surface area contributed by atoms with E-state index in [0.717, 1.165) is 19.4 Å². The van der Waals surface area contributed by atoms with Crippen molar-refractivity contribution >= 4 is 11.8 Å². The Morgan fingerprint density at radius 1 is 1.20 bits per heavy atom. The molecule has 1 fully saturated rings. The summed E-state index contributed by atoms with van der Waals surface area (Å²) in [5.41, 5.74) is 0.211. The van der Waals surface area contributed by atoms with Gasteiger partial charge in [-0.3, -0.25) is 18.6 Å². The zero-order valence-corrected chi connectivity index (χ0v) is 18.4. The molecule has 3 atom stereocenters. The van der Waals surface area contributed by atoms with Crippen LogP contribution in [0.4, 0.5) is 0 Å². The molecule has 0 spiro atoms. The van der Waals surface area contributed by atoms with Crippen LogP contribution in [0.3, 0.4) is 0 Å². The first kappa shape index (κ1) is 22.8. The molecular weight excluding hydrogens is 406 g/mol. The molecule has 2 aromatic rings. The van der Waals surface area contributed by atoms with Gasteiger partial charge in [0, 0.05) is 24.7 Å². The summed E-state index contributed by atoms with van der Waals surface area (Å²) in [7, 11) is 0. The Hall–Kier alpha value is -1.91. The number of aliphatic hydroxyl groups excluding tert-OH is 2. The summed E-state index contributed by atoms with van der Waals surface area (Å²) in [6.45, 7) is 4.52. The summed E-state index contributed by atoms with van der Waals surface area (Å²) in [4.78, 5) is 25.7. The Morgan fingerprint density at radius 2 is 1.97 bits per heavy atom. The molecule has 0 aliphatic carbocycles. The van der Waals surface area contributed by atoms with E-state index in [1.165, 1.54) is 40.2 Å². The van der Waals surface area contributed by atoms with Crippen LogP contribution in [0.25, 0.3) is 0 Å². The molecule has 30 heavy (non-hydrogen) atoms. The number of unbranched alkanes of at least 4 members (excludes halogenated alkanes) is 4. The number of aryl methyl sites for hydroxylation is 2. The normalized spacial score (nSPS) is 21.4. The van der Waals surface area contributed by atoms with Crippen molar-refractivity contribution < 1.29 is 10.2 Å².